The molecule has 2 aromatic heterocycles. The Balaban J connectivity index is 2.37. The molecule has 1 atom stereocenters. The maximum absolute atomic E-state index is 6.13. The summed E-state index contributed by atoms with van der Waals surface area (Å²) in [5.41, 5.74) is 7.93. The number of ether oxygens (including phenoxy) is 1. The molecule has 2 heterocycles. The van der Waals surface area contributed by atoms with Crippen LogP contribution in [0.3, 0.4) is 0 Å². The van der Waals surface area contributed by atoms with Crippen molar-refractivity contribution < 1.29 is 4.74 Å². The first kappa shape index (κ1) is 10.6. The molecule has 2 N–H and O–H groups in total. The van der Waals surface area contributed by atoms with Gasteiger partial charge in [0, 0.05) is 24.2 Å². The monoisotopic (exact) mass is 215 g/mol. The van der Waals surface area contributed by atoms with Crippen LogP contribution in [0.15, 0.2) is 42.9 Å². The number of hydrogen-bond acceptors (Lipinski definition) is 4. The van der Waals surface area contributed by atoms with Crippen LogP contribution >= 0.6 is 0 Å². The van der Waals surface area contributed by atoms with Gasteiger partial charge in [-0.05, 0) is 17.7 Å². The van der Waals surface area contributed by atoms with Crippen molar-refractivity contribution in [3.05, 3.63) is 54.0 Å². The quantitative estimate of drug-likeness (QED) is 0.843. The molecule has 0 spiro atoms. The van der Waals surface area contributed by atoms with Crippen molar-refractivity contribution in [2.24, 2.45) is 5.73 Å². The zero-order valence-corrected chi connectivity index (χ0v) is 9.00. The molecular weight excluding hydrogens is 202 g/mol. The summed E-state index contributed by atoms with van der Waals surface area (Å²) < 4.78 is 5.18. The zero-order chi connectivity index (χ0) is 11.4. The average molecular weight is 215 g/mol. The molecule has 0 aromatic carbocycles. The number of methoxy groups -OCH3 is 1. The smallest absolute Gasteiger partial charge is 0.218 e. The van der Waals surface area contributed by atoms with Gasteiger partial charge in [0.15, 0.2) is 0 Å². The third-order valence-corrected chi connectivity index (χ3v) is 2.37. The van der Waals surface area contributed by atoms with E-state index in [1.807, 2.05) is 24.3 Å². The van der Waals surface area contributed by atoms with Crippen molar-refractivity contribution >= 4 is 0 Å². The standard InChI is InChI=1S/C12H13N3O/c1-16-12-10(5-3-7-15-12)11(13)9-4-2-6-14-8-9/h2-8,11H,13H2,1H3. The largest absolute Gasteiger partial charge is 0.481 e. The van der Waals surface area contributed by atoms with E-state index in [4.69, 9.17) is 10.5 Å². The Bertz CT molecular complexity index is 459. The summed E-state index contributed by atoms with van der Waals surface area (Å²) >= 11 is 0. The van der Waals surface area contributed by atoms with Gasteiger partial charge in [-0.3, -0.25) is 4.98 Å². The fourth-order valence-corrected chi connectivity index (χ4v) is 1.55. The van der Waals surface area contributed by atoms with Gasteiger partial charge in [0.25, 0.3) is 0 Å². The molecule has 4 nitrogen and oxygen atoms in total. The predicted molar refractivity (Wildman–Crippen MR) is 61.1 cm³/mol. The normalized spacial score (nSPS) is 12.1. The number of nitrogens with two attached hydrogens (primary N) is 1. The average Bonchev–Trinajstić information content (AvgIpc) is 2.39. The Morgan fingerprint density at radius 1 is 1.25 bits per heavy atom. The Labute approximate surface area is 94.1 Å². The van der Waals surface area contributed by atoms with Crippen molar-refractivity contribution in [1.82, 2.24) is 9.97 Å². The van der Waals surface area contributed by atoms with Gasteiger partial charge in [-0.1, -0.05) is 12.1 Å². The highest BCUT2D eigenvalue weighted by Crippen LogP contribution is 2.25. The molecule has 0 bridgehead atoms. The number of pyridine rings is 2. The maximum Gasteiger partial charge on any atom is 0.218 e. The minimum atomic E-state index is -0.266. The van der Waals surface area contributed by atoms with Gasteiger partial charge in [0.2, 0.25) is 5.88 Å². The van der Waals surface area contributed by atoms with Crippen LogP contribution < -0.4 is 10.5 Å². The van der Waals surface area contributed by atoms with Crippen LogP contribution in [-0.4, -0.2) is 17.1 Å². The molecule has 0 aliphatic rings. The van der Waals surface area contributed by atoms with Gasteiger partial charge in [-0.2, -0.15) is 0 Å². The lowest BCUT2D eigenvalue weighted by molar-refractivity contribution is 0.390. The first-order chi connectivity index (χ1) is 7.83. The molecular formula is C12H13N3O. The van der Waals surface area contributed by atoms with Crippen molar-refractivity contribution in [3.8, 4) is 5.88 Å². The van der Waals surface area contributed by atoms with Gasteiger partial charge < -0.3 is 10.5 Å². The summed E-state index contributed by atoms with van der Waals surface area (Å²) in [5.74, 6) is 0.554. The van der Waals surface area contributed by atoms with E-state index in [0.717, 1.165) is 11.1 Å². The second kappa shape index (κ2) is 4.72. The zero-order valence-electron chi connectivity index (χ0n) is 9.00. The third-order valence-electron chi connectivity index (χ3n) is 2.37. The second-order valence-corrected chi connectivity index (χ2v) is 3.37. The first-order valence-electron chi connectivity index (χ1n) is 4.97. The molecule has 16 heavy (non-hydrogen) atoms. The van der Waals surface area contributed by atoms with E-state index in [0.29, 0.717) is 5.88 Å². The number of nitrogens with zero attached hydrogens (tertiary/aromatic N) is 2. The van der Waals surface area contributed by atoms with Gasteiger partial charge in [-0.15, -0.1) is 0 Å². The lowest BCUT2D eigenvalue weighted by Gasteiger charge is -2.14. The number of aromatic nitrogens is 2. The van der Waals surface area contributed by atoms with Gasteiger partial charge in [-0.25, -0.2) is 4.98 Å². The van der Waals surface area contributed by atoms with Crippen LogP contribution in [0.5, 0.6) is 5.88 Å². The summed E-state index contributed by atoms with van der Waals surface area (Å²) in [6, 6.07) is 7.28. The summed E-state index contributed by atoms with van der Waals surface area (Å²) in [6.45, 7) is 0. The summed E-state index contributed by atoms with van der Waals surface area (Å²) in [4.78, 5) is 8.17. The molecule has 0 amide bonds. The summed E-state index contributed by atoms with van der Waals surface area (Å²) in [5, 5.41) is 0. The van der Waals surface area contributed by atoms with E-state index in [-0.39, 0.29) is 6.04 Å². The van der Waals surface area contributed by atoms with Crippen LogP contribution in [-0.2, 0) is 0 Å². The van der Waals surface area contributed by atoms with Crippen molar-refractivity contribution in [3.63, 3.8) is 0 Å². The molecule has 0 aliphatic heterocycles. The maximum atomic E-state index is 6.13. The molecule has 2 aromatic rings. The Morgan fingerprint density at radius 3 is 2.75 bits per heavy atom. The van der Waals surface area contributed by atoms with Gasteiger partial charge >= 0.3 is 0 Å². The van der Waals surface area contributed by atoms with Crippen molar-refractivity contribution in [2.75, 3.05) is 7.11 Å². The minimum absolute atomic E-state index is 0.266. The Kier molecular flexibility index (Phi) is 3.12. The van der Waals surface area contributed by atoms with Gasteiger partial charge in [0.1, 0.15) is 0 Å². The van der Waals surface area contributed by atoms with Crippen LogP contribution in [0, 0.1) is 0 Å². The number of hydrogen-bond donors (Lipinski definition) is 1. The van der Waals surface area contributed by atoms with E-state index in [1.165, 1.54) is 0 Å². The highest BCUT2D eigenvalue weighted by molar-refractivity contribution is 5.35. The Hall–Kier alpha value is -1.94. The lowest BCUT2D eigenvalue weighted by atomic mass is 10.0. The first-order valence-corrected chi connectivity index (χ1v) is 4.97. The topological polar surface area (TPSA) is 61.0 Å². The van der Waals surface area contributed by atoms with E-state index >= 15 is 0 Å². The van der Waals surface area contributed by atoms with Crippen molar-refractivity contribution in [2.45, 2.75) is 6.04 Å². The fraction of sp³-hybridized carbons (Fsp3) is 0.167. The van der Waals surface area contributed by atoms with E-state index in [2.05, 4.69) is 9.97 Å². The van der Waals surface area contributed by atoms with Crippen LogP contribution in [0.4, 0.5) is 0 Å². The third kappa shape index (κ3) is 2.01. The molecule has 4 heteroatoms. The molecule has 82 valence electrons. The molecule has 2 rings (SSSR count). The van der Waals surface area contributed by atoms with Crippen molar-refractivity contribution in [1.29, 1.82) is 0 Å². The molecule has 0 saturated heterocycles. The summed E-state index contributed by atoms with van der Waals surface area (Å²) in [7, 11) is 1.59. The second-order valence-electron chi connectivity index (χ2n) is 3.37. The van der Waals surface area contributed by atoms with Crippen LogP contribution in [0.1, 0.15) is 17.2 Å². The molecule has 0 saturated carbocycles. The molecule has 0 aliphatic carbocycles. The van der Waals surface area contributed by atoms with E-state index in [1.54, 1.807) is 25.7 Å². The SMILES string of the molecule is COc1ncccc1C(N)c1cccnc1. The molecule has 0 radical (unpaired) electrons. The fourth-order valence-electron chi connectivity index (χ4n) is 1.55. The number of rotatable bonds is 3. The summed E-state index contributed by atoms with van der Waals surface area (Å²) in [6.07, 6.45) is 5.14. The molecule has 1 unspecified atom stereocenters. The Morgan fingerprint density at radius 2 is 2.06 bits per heavy atom. The highest BCUT2D eigenvalue weighted by atomic mass is 16.5. The highest BCUT2D eigenvalue weighted by Gasteiger charge is 2.14. The minimum Gasteiger partial charge on any atom is -0.481 e. The predicted octanol–water partition coefficient (Wildman–Crippen LogP) is 1.53. The van der Waals surface area contributed by atoms with E-state index in [9.17, 15) is 0 Å². The van der Waals surface area contributed by atoms with Gasteiger partial charge in [0.05, 0.1) is 13.2 Å². The molecule has 0 fully saturated rings. The van der Waals surface area contributed by atoms with Crippen LogP contribution in [0.2, 0.25) is 0 Å². The van der Waals surface area contributed by atoms with Crippen LogP contribution in [0.25, 0.3) is 0 Å². The lowest BCUT2D eigenvalue weighted by Crippen LogP contribution is -2.13. The van der Waals surface area contributed by atoms with E-state index < -0.39 is 0 Å².